The monoisotopic (exact) mass is 482 g/mol. The van der Waals surface area contributed by atoms with Gasteiger partial charge in [0.15, 0.2) is 6.29 Å². The summed E-state index contributed by atoms with van der Waals surface area (Å²) in [4.78, 5) is 12.2. The first-order chi connectivity index (χ1) is 15.9. The molecule has 0 aromatic carbocycles. The predicted molar refractivity (Wildman–Crippen MR) is 124 cm³/mol. The largest absolute Gasteiger partial charge is 0.481 e. The molecule has 1 aliphatic heterocycles. The van der Waals surface area contributed by atoms with Gasteiger partial charge in [-0.3, -0.25) is 4.79 Å². The minimum Gasteiger partial charge on any atom is -0.481 e. The Kier molecular flexibility index (Phi) is 7.24. The molecule has 0 bridgehead atoms. The van der Waals surface area contributed by atoms with Crippen molar-refractivity contribution >= 4 is 5.97 Å². The number of fused-ring (bicyclic) bond motifs is 3. The number of carbonyl (C=O) groups is 1. The first-order valence-electron chi connectivity index (χ1n) is 12.8. The van der Waals surface area contributed by atoms with Crippen molar-refractivity contribution in [2.75, 3.05) is 13.2 Å². The molecule has 4 aliphatic rings. The van der Waals surface area contributed by atoms with E-state index >= 15 is 0 Å². The number of allylic oxidation sites excluding steroid dienone is 2. The molecule has 2 saturated carbocycles. The third-order valence-corrected chi connectivity index (χ3v) is 9.83. The molecule has 1 unspecified atom stereocenters. The number of carboxylic acid groups (broad SMARTS) is 1. The standard InChI is InChI=1S/C26H42O8/c1-24(11-12-33-22-21(30)20(29)19(28)17(14-27)34-22)10-7-16-15(13-24)5-6-18-25(16,2)8-4-9-26(18,3)23(31)32/h5,16-22,27-30H,4,6-14H2,1-3H3,(H,31,32)/t16-,17+,18?,19+,20-,21-,22-,24+,25+,26-/m0/s1. The molecule has 8 heteroatoms. The van der Waals surface area contributed by atoms with Gasteiger partial charge in [-0.15, -0.1) is 0 Å². The van der Waals surface area contributed by atoms with E-state index in [2.05, 4.69) is 19.9 Å². The summed E-state index contributed by atoms with van der Waals surface area (Å²) in [5.41, 5.74) is 0.832. The molecule has 1 saturated heterocycles. The minimum atomic E-state index is -1.44. The molecule has 194 valence electrons. The molecule has 4 rings (SSSR count). The van der Waals surface area contributed by atoms with E-state index in [1.807, 2.05) is 6.92 Å². The molecule has 0 aromatic heterocycles. The molecular formula is C26H42O8. The quantitative estimate of drug-likeness (QED) is 0.364. The van der Waals surface area contributed by atoms with Gasteiger partial charge in [-0.2, -0.15) is 0 Å². The lowest BCUT2D eigenvalue weighted by Gasteiger charge is -2.58. The van der Waals surface area contributed by atoms with Gasteiger partial charge in [-0.05, 0) is 74.5 Å². The van der Waals surface area contributed by atoms with Crippen molar-refractivity contribution in [3.05, 3.63) is 11.6 Å². The highest BCUT2D eigenvalue weighted by Crippen LogP contribution is 2.64. The van der Waals surface area contributed by atoms with Crippen LogP contribution in [0.4, 0.5) is 0 Å². The van der Waals surface area contributed by atoms with Crippen LogP contribution in [0.2, 0.25) is 0 Å². The van der Waals surface area contributed by atoms with Crippen LogP contribution >= 0.6 is 0 Å². The van der Waals surface area contributed by atoms with Crippen LogP contribution in [-0.4, -0.2) is 75.4 Å². The Hall–Kier alpha value is -1.03. The maximum absolute atomic E-state index is 12.2. The highest BCUT2D eigenvalue weighted by atomic mass is 16.7. The second-order valence-corrected chi connectivity index (χ2v) is 12.0. The molecule has 0 amide bonds. The zero-order chi connectivity index (χ0) is 24.9. The van der Waals surface area contributed by atoms with E-state index in [1.54, 1.807) is 0 Å². The van der Waals surface area contributed by atoms with Crippen LogP contribution in [0, 0.1) is 28.1 Å². The maximum atomic E-state index is 12.2. The molecule has 1 heterocycles. The number of carboxylic acids is 1. The lowest BCUT2D eigenvalue weighted by atomic mass is 9.45. The van der Waals surface area contributed by atoms with Gasteiger partial charge in [0.25, 0.3) is 0 Å². The number of hydrogen-bond acceptors (Lipinski definition) is 7. The predicted octanol–water partition coefficient (Wildman–Crippen LogP) is 2.23. The number of aliphatic carboxylic acids is 1. The van der Waals surface area contributed by atoms with Crippen molar-refractivity contribution < 1.29 is 39.8 Å². The fourth-order valence-corrected chi connectivity index (χ4v) is 7.57. The minimum absolute atomic E-state index is 0.0175. The van der Waals surface area contributed by atoms with Crippen LogP contribution < -0.4 is 0 Å². The summed E-state index contributed by atoms with van der Waals surface area (Å²) in [6, 6.07) is 0. The third-order valence-electron chi connectivity index (χ3n) is 9.83. The number of hydrogen-bond donors (Lipinski definition) is 5. The van der Waals surface area contributed by atoms with Gasteiger partial charge in [0.05, 0.1) is 18.6 Å². The zero-order valence-corrected chi connectivity index (χ0v) is 20.7. The average molecular weight is 483 g/mol. The lowest BCUT2D eigenvalue weighted by molar-refractivity contribution is -0.302. The molecule has 0 radical (unpaired) electrons. The SMILES string of the molecule is C[C@]1(CCO[C@H]2O[C@H](CO)[C@@H](O)[C@H](O)[C@@H]2O)CC[C@H]2C(=CCC3[C@]2(C)CCC[C@]3(C)C(=O)O)C1. The van der Waals surface area contributed by atoms with E-state index in [9.17, 15) is 30.3 Å². The van der Waals surface area contributed by atoms with Crippen LogP contribution in [0.25, 0.3) is 0 Å². The van der Waals surface area contributed by atoms with E-state index in [0.29, 0.717) is 12.5 Å². The molecule has 34 heavy (non-hydrogen) atoms. The first-order valence-corrected chi connectivity index (χ1v) is 12.8. The second-order valence-electron chi connectivity index (χ2n) is 12.0. The smallest absolute Gasteiger partial charge is 0.309 e. The first kappa shape index (κ1) is 26.0. The molecular weight excluding hydrogens is 440 g/mol. The summed E-state index contributed by atoms with van der Waals surface area (Å²) in [6.45, 7) is 6.37. The van der Waals surface area contributed by atoms with Crippen LogP contribution in [0.5, 0.6) is 0 Å². The highest BCUT2D eigenvalue weighted by molar-refractivity contribution is 5.75. The van der Waals surface area contributed by atoms with E-state index in [-0.39, 0.29) is 16.7 Å². The van der Waals surface area contributed by atoms with Crippen LogP contribution in [0.3, 0.4) is 0 Å². The van der Waals surface area contributed by atoms with Gasteiger partial charge < -0.3 is 35.0 Å². The summed E-state index contributed by atoms with van der Waals surface area (Å²) in [5.74, 6) is -0.0743. The van der Waals surface area contributed by atoms with Crippen molar-refractivity contribution in [1.82, 2.24) is 0 Å². The number of aliphatic hydroxyl groups excluding tert-OH is 4. The summed E-state index contributed by atoms with van der Waals surface area (Å²) in [5, 5.41) is 49.5. The number of rotatable bonds is 6. The molecule has 8 nitrogen and oxygen atoms in total. The second kappa shape index (κ2) is 9.45. The zero-order valence-electron chi connectivity index (χ0n) is 20.7. The van der Waals surface area contributed by atoms with Gasteiger partial charge in [0, 0.05) is 0 Å². The summed E-state index contributed by atoms with van der Waals surface area (Å²) >= 11 is 0. The van der Waals surface area contributed by atoms with E-state index in [4.69, 9.17) is 9.47 Å². The van der Waals surface area contributed by atoms with E-state index in [0.717, 1.165) is 51.4 Å². The molecule has 5 N–H and O–H groups in total. The summed E-state index contributed by atoms with van der Waals surface area (Å²) < 4.78 is 11.2. The van der Waals surface area contributed by atoms with Gasteiger partial charge in [-0.1, -0.05) is 31.9 Å². The Balaban J connectivity index is 1.39. The fourth-order valence-electron chi connectivity index (χ4n) is 7.57. The Morgan fingerprint density at radius 2 is 1.85 bits per heavy atom. The number of aliphatic hydroxyl groups is 4. The average Bonchev–Trinajstić information content (AvgIpc) is 2.78. The van der Waals surface area contributed by atoms with Gasteiger partial charge >= 0.3 is 5.97 Å². The van der Waals surface area contributed by atoms with E-state index < -0.39 is 48.7 Å². The van der Waals surface area contributed by atoms with Gasteiger partial charge in [-0.25, -0.2) is 0 Å². The topological polar surface area (TPSA) is 137 Å². The normalized spacial score (nSPS) is 49.0. The Morgan fingerprint density at radius 3 is 2.53 bits per heavy atom. The number of ether oxygens (including phenoxy) is 2. The molecule has 3 fully saturated rings. The summed E-state index contributed by atoms with van der Waals surface area (Å²) in [7, 11) is 0. The highest BCUT2D eigenvalue weighted by Gasteiger charge is 2.58. The summed E-state index contributed by atoms with van der Waals surface area (Å²) in [6.07, 6.45) is 3.41. The fraction of sp³-hybridized carbons (Fsp3) is 0.885. The molecule has 3 aliphatic carbocycles. The maximum Gasteiger partial charge on any atom is 0.309 e. The van der Waals surface area contributed by atoms with Gasteiger partial charge in [0.2, 0.25) is 0 Å². The van der Waals surface area contributed by atoms with Crippen LogP contribution in [0.15, 0.2) is 11.6 Å². The van der Waals surface area contributed by atoms with E-state index in [1.165, 1.54) is 5.57 Å². The Bertz CT molecular complexity index is 798. The Labute approximate surface area is 202 Å². The van der Waals surface area contributed by atoms with Gasteiger partial charge in [0.1, 0.15) is 24.4 Å². The van der Waals surface area contributed by atoms with Crippen molar-refractivity contribution in [3.63, 3.8) is 0 Å². The van der Waals surface area contributed by atoms with Crippen molar-refractivity contribution in [1.29, 1.82) is 0 Å². The van der Waals surface area contributed by atoms with Crippen molar-refractivity contribution in [2.24, 2.45) is 28.1 Å². The Morgan fingerprint density at radius 1 is 1.12 bits per heavy atom. The molecule has 0 spiro atoms. The third kappa shape index (κ3) is 4.35. The lowest BCUT2D eigenvalue weighted by Crippen LogP contribution is -2.59. The molecule has 10 atom stereocenters. The van der Waals surface area contributed by atoms with Crippen LogP contribution in [-0.2, 0) is 14.3 Å². The van der Waals surface area contributed by atoms with Crippen molar-refractivity contribution in [3.8, 4) is 0 Å². The van der Waals surface area contributed by atoms with Crippen LogP contribution in [0.1, 0.15) is 72.1 Å². The van der Waals surface area contributed by atoms with Crippen molar-refractivity contribution in [2.45, 2.75) is 103 Å². The molecule has 0 aromatic rings.